The molecule has 6 aromatic carbocycles. The maximum Gasteiger partial charge on any atom is 0.143 e. The van der Waals surface area contributed by atoms with E-state index in [0.29, 0.717) is 37.4 Å². The molecule has 0 amide bonds. The van der Waals surface area contributed by atoms with E-state index >= 15 is 0 Å². The number of halogens is 1. The number of morpholine rings is 2. The first kappa shape index (κ1) is 67.5. The second-order valence-corrected chi connectivity index (χ2v) is 27.2. The molecule has 452 valence electrons. The van der Waals surface area contributed by atoms with E-state index in [4.69, 9.17) is 49.1 Å². The van der Waals surface area contributed by atoms with Crippen LogP contribution in [0.1, 0.15) is 103 Å². The Balaban J connectivity index is 0.000000233. The van der Waals surface area contributed by atoms with Crippen LogP contribution in [0, 0.1) is 0 Å². The zero-order valence-corrected chi connectivity index (χ0v) is 54.8. The number of methoxy groups -OCH3 is 4. The van der Waals surface area contributed by atoms with Crippen LogP contribution in [0.3, 0.4) is 0 Å². The van der Waals surface area contributed by atoms with Gasteiger partial charge in [-0.25, -0.2) is 0 Å². The van der Waals surface area contributed by atoms with Crippen LogP contribution < -0.4 is 24.3 Å². The Morgan fingerprint density at radius 3 is 1.10 bits per heavy atom. The molecule has 0 radical (unpaired) electrons. The summed E-state index contributed by atoms with van der Waals surface area (Å²) in [4.78, 5) is 0. The van der Waals surface area contributed by atoms with Gasteiger partial charge in [0, 0.05) is 58.6 Å². The van der Waals surface area contributed by atoms with Gasteiger partial charge >= 0.3 is 0 Å². The number of rotatable bonds is 23. The molecule has 15 heteroatoms. The Labute approximate surface area is 505 Å². The number of ether oxygens (including phenoxy) is 8. The van der Waals surface area contributed by atoms with Crippen molar-refractivity contribution in [2.24, 2.45) is 0 Å². The number of hydrogen-bond acceptors (Lipinski definition) is 12. The topological polar surface area (TPSA) is 95.6 Å². The Bertz CT molecular complexity index is 2640. The van der Waals surface area contributed by atoms with E-state index in [1.165, 1.54) is 0 Å². The van der Waals surface area contributed by atoms with Crippen molar-refractivity contribution in [3.05, 3.63) is 191 Å². The molecule has 0 saturated carbocycles. The number of nitrogens with one attached hydrogen (secondary N) is 1. The molecule has 0 bridgehead atoms. The van der Waals surface area contributed by atoms with Crippen LogP contribution in [-0.4, -0.2) is 144 Å². The Morgan fingerprint density at radius 2 is 0.795 bits per heavy atom. The van der Waals surface area contributed by atoms with Gasteiger partial charge in [-0.2, -0.15) is 0 Å². The van der Waals surface area contributed by atoms with Crippen molar-refractivity contribution in [3.63, 3.8) is 0 Å². The second kappa shape index (κ2) is 32.7. The highest BCUT2D eigenvalue weighted by atomic mass is 35.7. The maximum absolute atomic E-state index is 7.17. The first-order valence-corrected chi connectivity index (χ1v) is 33.6. The van der Waals surface area contributed by atoms with E-state index in [1.807, 2.05) is 72.8 Å². The fourth-order valence-corrected chi connectivity index (χ4v) is 16.4. The van der Waals surface area contributed by atoms with E-state index in [2.05, 4.69) is 187 Å². The molecule has 2 unspecified atom stereocenters. The summed E-state index contributed by atoms with van der Waals surface area (Å²) in [5, 5.41) is 3.43. The van der Waals surface area contributed by atoms with E-state index < -0.39 is 26.9 Å². The van der Waals surface area contributed by atoms with Crippen LogP contribution in [0.4, 0.5) is 0 Å². The van der Waals surface area contributed by atoms with Crippen LogP contribution in [0.5, 0.6) is 23.0 Å². The van der Waals surface area contributed by atoms with Crippen molar-refractivity contribution in [2.45, 2.75) is 129 Å². The minimum Gasteiger partial charge on any atom is -0.497 e. The van der Waals surface area contributed by atoms with Gasteiger partial charge in [0.25, 0.3) is 0 Å². The summed E-state index contributed by atoms with van der Waals surface area (Å²) < 4.78 is 56.1. The lowest BCUT2D eigenvalue weighted by molar-refractivity contribution is -0.113. The zero-order chi connectivity index (χ0) is 60.3. The first-order chi connectivity index (χ1) is 39.8. The lowest BCUT2D eigenvalue weighted by Gasteiger charge is -2.47. The molecule has 83 heavy (non-hydrogen) atoms. The van der Waals surface area contributed by atoms with Gasteiger partial charge in [0.1, 0.15) is 34.2 Å². The van der Waals surface area contributed by atoms with E-state index in [1.54, 1.807) is 28.4 Å². The molecule has 12 nitrogen and oxygen atoms in total. The van der Waals surface area contributed by atoms with Crippen molar-refractivity contribution >= 4 is 26.9 Å². The fraction of sp³-hybridized carbons (Fsp3) is 0.471. The average molecular weight is 1190 g/mol. The third-order valence-corrected chi connectivity index (χ3v) is 19.9. The molecule has 6 atom stereocenters. The molecular weight excluding hydrogens is 1100 g/mol. The summed E-state index contributed by atoms with van der Waals surface area (Å²) >= 11 is 6.02. The van der Waals surface area contributed by atoms with Crippen molar-refractivity contribution in [3.8, 4) is 23.0 Å². The van der Waals surface area contributed by atoms with Crippen molar-refractivity contribution in [2.75, 3.05) is 81.2 Å². The van der Waals surface area contributed by atoms with Crippen LogP contribution in [0.15, 0.2) is 158 Å². The van der Waals surface area contributed by atoms with E-state index in [9.17, 15) is 0 Å². The Hall–Kier alpha value is -4.65. The van der Waals surface area contributed by atoms with Gasteiger partial charge in [0.2, 0.25) is 0 Å². The normalized spacial score (nSPS) is 18.5. The molecule has 8 rings (SSSR count). The van der Waals surface area contributed by atoms with E-state index in [-0.39, 0.29) is 24.4 Å². The molecule has 0 aliphatic carbocycles. The highest BCUT2D eigenvalue weighted by Crippen LogP contribution is 2.48. The van der Waals surface area contributed by atoms with Crippen LogP contribution in [-0.2, 0) is 30.1 Å². The lowest BCUT2D eigenvalue weighted by Crippen LogP contribution is -2.50. The minimum absolute atomic E-state index is 0.0293. The van der Waals surface area contributed by atoms with Crippen LogP contribution in [0.2, 0.25) is 0 Å². The van der Waals surface area contributed by atoms with Crippen molar-refractivity contribution in [1.29, 1.82) is 0 Å². The molecule has 2 saturated heterocycles. The van der Waals surface area contributed by atoms with Gasteiger partial charge in [0.15, 0.2) is 0 Å². The Morgan fingerprint density at radius 1 is 0.470 bits per heavy atom. The summed E-state index contributed by atoms with van der Waals surface area (Å²) in [6.45, 7) is 30.9. The summed E-state index contributed by atoms with van der Waals surface area (Å²) in [6, 6.07) is 55.4. The fourth-order valence-electron chi connectivity index (χ4n) is 11.5. The molecule has 2 heterocycles. The van der Waals surface area contributed by atoms with Gasteiger partial charge in [-0.3, -0.25) is 14.0 Å². The summed E-state index contributed by atoms with van der Waals surface area (Å²) in [7, 11) is 5.82. The molecule has 2 fully saturated rings. The lowest BCUT2D eigenvalue weighted by atomic mass is 9.80. The SMILES string of the molecule is CC(C)N(C(C)C)P(C)Cl.COc1ccc(C(OC[C@@H]2CN(P(C)N(C(C)C)C(C)C)C[C@H](C)O2)(c2ccccc2)c2ccc(OC)cc2)cc1.COc1ccc(C(OC[C@@H]2CNC[C@H](C)O2)(c2ccccc2)c2ccc(OC)cc2)cc1. The molecule has 1 N–H and O–H groups in total. The maximum atomic E-state index is 7.17. The molecule has 0 aromatic heterocycles. The third kappa shape index (κ3) is 17.7. The van der Waals surface area contributed by atoms with Gasteiger partial charge in [-0.1, -0.05) is 120 Å². The van der Waals surface area contributed by atoms with E-state index in [0.717, 1.165) is 82.6 Å². The quantitative estimate of drug-likeness (QED) is 0.0489. The zero-order valence-electron chi connectivity index (χ0n) is 52.3. The predicted octanol–water partition coefficient (Wildman–Crippen LogP) is 14.8. The third-order valence-electron chi connectivity index (χ3n) is 15.0. The summed E-state index contributed by atoms with van der Waals surface area (Å²) in [5.41, 5.74) is 4.53. The predicted molar refractivity (Wildman–Crippen MR) is 345 cm³/mol. The van der Waals surface area contributed by atoms with Gasteiger partial charge in [-0.05, 0) is 164 Å². The molecule has 6 aromatic rings. The Kier molecular flexibility index (Phi) is 26.6. The van der Waals surface area contributed by atoms with Gasteiger partial charge in [-0.15, -0.1) is 0 Å². The molecule has 0 spiro atoms. The average Bonchev–Trinajstić information content (AvgIpc) is 1.87. The summed E-state index contributed by atoms with van der Waals surface area (Å²) in [5.74, 6) is 3.22. The summed E-state index contributed by atoms with van der Waals surface area (Å²) in [6.07, 6.45) is 0.185. The smallest absolute Gasteiger partial charge is 0.143 e. The largest absolute Gasteiger partial charge is 0.497 e. The van der Waals surface area contributed by atoms with Crippen molar-refractivity contribution < 1.29 is 37.9 Å². The van der Waals surface area contributed by atoms with Crippen LogP contribution in [0.25, 0.3) is 0 Å². The van der Waals surface area contributed by atoms with Gasteiger partial charge < -0.3 is 43.2 Å². The molecular formula is C68H95ClN4O8P2. The standard InChI is InChI=1S/C34H47N2O4P.C27H31NO4.C7H17ClNP/c1-25(2)36(26(3)4)41(8)35-22-27(5)40-33(23-35)24-39-34(28-12-10-9-11-13-28,29-14-18-31(37-6)19-15-29)30-16-20-32(38-7)21-17-30;1-20-17-28-18-26(32-20)19-31-27(21-7-5-4-6-8-21,22-9-13-24(29-2)14-10-22)23-11-15-25(30-3)16-12-23;1-6(2)9(7(3)4)10(5)8/h9-21,25-27,33H,22-24H2,1-8H3;4-16,20,26,28H,17-19H2,1-3H3;6-7H,1-5H3/t27-,33-,41?;20-,26-;/m00./s1. The first-order valence-electron chi connectivity index (χ1n) is 29.2. The highest BCUT2D eigenvalue weighted by molar-refractivity contribution is 7.81. The molecule has 2 aliphatic heterocycles. The number of nitrogens with zero attached hydrogens (tertiary/aromatic N) is 3. The van der Waals surface area contributed by atoms with Crippen LogP contribution >= 0.6 is 26.9 Å². The highest BCUT2D eigenvalue weighted by Gasteiger charge is 2.42. The number of benzene rings is 6. The minimum atomic E-state index is -0.854. The molecule has 2 aliphatic rings. The van der Waals surface area contributed by atoms with Crippen molar-refractivity contribution in [1.82, 2.24) is 19.3 Å². The monoisotopic (exact) mass is 1190 g/mol. The number of hydrogen-bond donors (Lipinski definition) is 1. The van der Waals surface area contributed by atoms with Gasteiger partial charge in [0.05, 0.1) is 73.5 Å². The second-order valence-electron chi connectivity index (χ2n) is 22.4.